The Kier molecular flexibility index (Phi) is 2.65. The van der Waals surface area contributed by atoms with Crippen molar-refractivity contribution < 1.29 is 4.42 Å². The molecular formula is C20H14O. The van der Waals surface area contributed by atoms with Crippen LogP contribution in [0.15, 0.2) is 77.7 Å². The lowest BCUT2D eigenvalue weighted by Crippen LogP contribution is -1.81. The van der Waals surface area contributed by atoms with Gasteiger partial charge in [-0.25, -0.2) is 0 Å². The van der Waals surface area contributed by atoms with E-state index in [0.717, 1.165) is 38.6 Å². The molecule has 3 aromatic carbocycles. The largest absolute Gasteiger partial charge is 0.455 e. The van der Waals surface area contributed by atoms with E-state index in [2.05, 4.69) is 36.9 Å². The van der Waals surface area contributed by atoms with E-state index in [1.807, 2.05) is 42.5 Å². The highest BCUT2D eigenvalue weighted by molar-refractivity contribution is 6.10. The average molecular weight is 270 g/mol. The minimum atomic E-state index is 0.922. The topological polar surface area (TPSA) is 13.1 Å². The molecule has 0 aliphatic heterocycles. The molecule has 0 spiro atoms. The van der Waals surface area contributed by atoms with Crippen molar-refractivity contribution in [1.29, 1.82) is 0 Å². The maximum Gasteiger partial charge on any atom is 0.143 e. The molecule has 0 atom stereocenters. The summed E-state index contributed by atoms with van der Waals surface area (Å²) in [4.78, 5) is 0. The number of benzene rings is 3. The van der Waals surface area contributed by atoms with Crippen LogP contribution in [0.3, 0.4) is 0 Å². The van der Waals surface area contributed by atoms with Crippen LogP contribution in [0.2, 0.25) is 0 Å². The first kappa shape index (κ1) is 12.0. The molecule has 0 aliphatic rings. The van der Waals surface area contributed by atoms with Gasteiger partial charge in [0.25, 0.3) is 0 Å². The normalized spacial score (nSPS) is 11.0. The molecule has 0 unspecified atom stereocenters. The van der Waals surface area contributed by atoms with Crippen molar-refractivity contribution in [3.63, 3.8) is 0 Å². The summed E-state index contributed by atoms with van der Waals surface area (Å²) in [6, 6.07) is 22.8. The van der Waals surface area contributed by atoms with Crippen LogP contribution in [0.4, 0.5) is 0 Å². The van der Waals surface area contributed by atoms with Crippen LogP contribution in [0, 0.1) is 0 Å². The van der Waals surface area contributed by atoms with E-state index in [-0.39, 0.29) is 0 Å². The quantitative estimate of drug-likeness (QED) is 0.442. The van der Waals surface area contributed by atoms with Gasteiger partial charge in [-0.2, -0.15) is 0 Å². The van der Waals surface area contributed by atoms with Crippen LogP contribution < -0.4 is 0 Å². The first-order chi connectivity index (χ1) is 10.4. The Morgan fingerprint density at radius 3 is 2.38 bits per heavy atom. The molecule has 0 radical (unpaired) electrons. The van der Waals surface area contributed by atoms with Gasteiger partial charge in [0.2, 0.25) is 0 Å². The second-order valence-electron chi connectivity index (χ2n) is 5.11. The van der Waals surface area contributed by atoms with E-state index in [1.165, 1.54) is 0 Å². The maximum absolute atomic E-state index is 6.10. The summed E-state index contributed by atoms with van der Waals surface area (Å²) in [6.45, 7) is 3.91. The molecule has 0 saturated heterocycles. The van der Waals surface area contributed by atoms with Gasteiger partial charge in [-0.05, 0) is 29.3 Å². The Bertz CT molecular complexity index is 946. The SMILES string of the molecule is C=Cc1cc(-c2ccccc2)c2oc3ccccc3c2c1. The van der Waals surface area contributed by atoms with Gasteiger partial charge in [0, 0.05) is 16.3 Å². The minimum absolute atomic E-state index is 0.922. The first-order valence-electron chi connectivity index (χ1n) is 7.00. The lowest BCUT2D eigenvalue weighted by Gasteiger charge is -2.04. The second-order valence-corrected chi connectivity index (χ2v) is 5.11. The van der Waals surface area contributed by atoms with Crippen LogP contribution in [-0.4, -0.2) is 0 Å². The minimum Gasteiger partial charge on any atom is -0.455 e. The standard InChI is InChI=1S/C20H14O/c1-2-14-12-17(15-8-4-3-5-9-15)20-18(13-14)16-10-6-7-11-19(16)21-20/h2-13H,1H2. The zero-order valence-corrected chi connectivity index (χ0v) is 11.5. The molecule has 4 aromatic rings. The zero-order valence-electron chi connectivity index (χ0n) is 11.5. The Morgan fingerprint density at radius 2 is 1.57 bits per heavy atom. The van der Waals surface area contributed by atoms with Crippen molar-refractivity contribution in [2.24, 2.45) is 0 Å². The number of hydrogen-bond acceptors (Lipinski definition) is 1. The van der Waals surface area contributed by atoms with Crippen LogP contribution in [0.1, 0.15) is 5.56 Å². The van der Waals surface area contributed by atoms with Gasteiger partial charge in [0.05, 0.1) is 0 Å². The fourth-order valence-electron chi connectivity index (χ4n) is 2.80. The third kappa shape index (κ3) is 1.86. The van der Waals surface area contributed by atoms with Gasteiger partial charge in [-0.1, -0.05) is 61.2 Å². The molecule has 21 heavy (non-hydrogen) atoms. The Balaban J connectivity index is 2.16. The summed E-state index contributed by atoms with van der Waals surface area (Å²) >= 11 is 0. The molecule has 0 bridgehead atoms. The molecule has 0 saturated carbocycles. The predicted molar refractivity (Wildman–Crippen MR) is 89.2 cm³/mol. The molecule has 1 heterocycles. The number of para-hydroxylation sites is 1. The summed E-state index contributed by atoms with van der Waals surface area (Å²) in [5.74, 6) is 0. The zero-order chi connectivity index (χ0) is 14.2. The molecule has 0 fully saturated rings. The van der Waals surface area contributed by atoms with Crippen LogP contribution in [0.25, 0.3) is 39.1 Å². The lowest BCUT2D eigenvalue weighted by atomic mass is 9.99. The Morgan fingerprint density at radius 1 is 0.810 bits per heavy atom. The lowest BCUT2D eigenvalue weighted by molar-refractivity contribution is 0.670. The average Bonchev–Trinajstić information content (AvgIpc) is 2.93. The highest BCUT2D eigenvalue weighted by Crippen LogP contribution is 2.36. The number of rotatable bonds is 2. The summed E-state index contributed by atoms with van der Waals surface area (Å²) in [5.41, 5.74) is 5.23. The molecule has 1 aromatic heterocycles. The molecule has 1 heteroatoms. The van der Waals surface area contributed by atoms with Crippen LogP contribution in [-0.2, 0) is 0 Å². The maximum atomic E-state index is 6.10. The highest BCUT2D eigenvalue weighted by atomic mass is 16.3. The fourth-order valence-corrected chi connectivity index (χ4v) is 2.80. The number of fused-ring (bicyclic) bond motifs is 3. The summed E-state index contributed by atoms with van der Waals surface area (Å²) in [5, 5.41) is 2.29. The molecule has 0 N–H and O–H groups in total. The summed E-state index contributed by atoms with van der Waals surface area (Å²) in [7, 11) is 0. The fraction of sp³-hybridized carbons (Fsp3) is 0. The van der Waals surface area contributed by atoms with Crippen LogP contribution in [0.5, 0.6) is 0 Å². The number of hydrogen-bond donors (Lipinski definition) is 0. The first-order valence-corrected chi connectivity index (χ1v) is 7.00. The van der Waals surface area contributed by atoms with E-state index in [0.29, 0.717) is 0 Å². The van der Waals surface area contributed by atoms with Gasteiger partial charge >= 0.3 is 0 Å². The predicted octanol–water partition coefficient (Wildman–Crippen LogP) is 5.90. The summed E-state index contributed by atoms with van der Waals surface area (Å²) < 4.78 is 6.10. The smallest absolute Gasteiger partial charge is 0.143 e. The van der Waals surface area contributed by atoms with Crippen molar-refractivity contribution in [2.45, 2.75) is 0 Å². The van der Waals surface area contributed by atoms with E-state index in [9.17, 15) is 0 Å². The Labute approximate surface area is 123 Å². The van der Waals surface area contributed by atoms with E-state index in [1.54, 1.807) is 0 Å². The molecular weight excluding hydrogens is 256 g/mol. The third-order valence-electron chi connectivity index (χ3n) is 3.82. The molecule has 4 rings (SSSR count). The van der Waals surface area contributed by atoms with Crippen molar-refractivity contribution in [2.75, 3.05) is 0 Å². The third-order valence-corrected chi connectivity index (χ3v) is 3.82. The van der Waals surface area contributed by atoms with Gasteiger partial charge in [0.15, 0.2) is 0 Å². The van der Waals surface area contributed by atoms with Crippen molar-refractivity contribution >= 4 is 28.0 Å². The second kappa shape index (κ2) is 4.64. The molecule has 1 nitrogen and oxygen atoms in total. The van der Waals surface area contributed by atoms with Gasteiger partial charge in [-0.3, -0.25) is 0 Å². The highest BCUT2D eigenvalue weighted by Gasteiger charge is 2.12. The van der Waals surface area contributed by atoms with Gasteiger partial charge in [0.1, 0.15) is 11.2 Å². The molecule has 100 valence electrons. The van der Waals surface area contributed by atoms with Gasteiger partial charge < -0.3 is 4.42 Å². The monoisotopic (exact) mass is 270 g/mol. The van der Waals surface area contributed by atoms with Crippen molar-refractivity contribution in [3.8, 4) is 11.1 Å². The van der Waals surface area contributed by atoms with E-state index >= 15 is 0 Å². The van der Waals surface area contributed by atoms with E-state index in [4.69, 9.17) is 4.42 Å². The van der Waals surface area contributed by atoms with Gasteiger partial charge in [-0.15, -0.1) is 0 Å². The number of furan rings is 1. The van der Waals surface area contributed by atoms with Crippen LogP contribution >= 0.6 is 0 Å². The summed E-state index contributed by atoms with van der Waals surface area (Å²) in [6.07, 6.45) is 1.88. The molecule has 0 amide bonds. The Hall–Kier alpha value is -2.80. The van der Waals surface area contributed by atoms with Crippen molar-refractivity contribution in [1.82, 2.24) is 0 Å². The van der Waals surface area contributed by atoms with Crippen molar-refractivity contribution in [3.05, 3.63) is 78.9 Å². The molecule has 0 aliphatic carbocycles. The van der Waals surface area contributed by atoms with E-state index < -0.39 is 0 Å².